The van der Waals surface area contributed by atoms with Gasteiger partial charge in [-0.3, -0.25) is 0 Å². The number of fused-ring (bicyclic) bond motifs is 1. The van der Waals surface area contributed by atoms with Crippen LogP contribution in [0.3, 0.4) is 0 Å². The molecule has 3 heterocycles. The molecular formula is C12H19N3. The van der Waals surface area contributed by atoms with Gasteiger partial charge in [0, 0.05) is 24.9 Å². The summed E-state index contributed by atoms with van der Waals surface area (Å²) in [6.07, 6.45) is 5.80. The number of nitrogens with zero attached hydrogens (tertiary/aromatic N) is 2. The van der Waals surface area contributed by atoms with Gasteiger partial charge in [-0.2, -0.15) is 0 Å². The molecule has 1 N–H and O–H groups in total. The van der Waals surface area contributed by atoms with E-state index in [2.05, 4.69) is 28.0 Å². The second-order valence-corrected chi connectivity index (χ2v) is 5.14. The summed E-state index contributed by atoms with van der Waals surface area (Å²) in [4.78, 5) is 4.59. The van der Waals surface area contributed by atoms with Crippen molar-refractivity contribution >= 4 is 0 Å². The smallest absolute Gasteiger partial charge is 0.109 e. The number of imidazole rings is 1. The van der Waals surface area contributed by atoms with E-state index in [1.165, 1.54) is 50.4 Å². The maximum absolute atomic E-state index is 4.59. The van der Waals surface area contributed by atoms with Crippen molar-refractivity contribution in [2.24, 2.45) is 11.8 Å². The van der Waals surface area contributed by atoms with Gasteiger partial charge in [-0.15, -0.1) is 0 Å². The molecule has 2 aliphatic rings. The molecule has 1 aromatic heterocycles. The first-order valence-corrected chi connectivity index (χ1v) is 6.07. The van der Waals surface area contributed by atoms with Crippen LogP contribution in [0, 0.1) is 11.8 Å². The van der Waals surface area contributed by atoms with Crippen LogP contribution in [0.4, 0.5) is 0 Å². The van der Waals surface area contributed by atoms with Crippen LogP contribution in [0.15, 0.2) is 6.20 Å². The molecule has 1 fully saturated rings. The maximum Gasteiger partial charge on any atom is 0.109 e. The molecule has 0 aromatic carbocycles. The van der Waals surface area contributed by atoms with Crippen LogP contribution in [0.25, 0.3) is 0 Å². The Balaban J connectivity index is 1.78. The highest BCUT2D eigenvalue weighted by Crippen LogP contribution is 2.23. The van der Waals surface area contributed by atoms with Gasteiger partial charge in [0.1, 0.15) is 5.82 Å². The van der Waals surface area contributed by atoms with Crippen molar-refractivity contribution in [3.8, 4) is 0 Å². The van der Waals surface area contributed by atoms with Gasteiger partial charge in [0.15, 0.2) is 0 Å². The van der Waals surface area contributed by atoms with Crippen molar-refractivity contribution in [3.05, 3.63) is 17.7 Å². The van der Waals surface area contributed by atoms with Crippen LogP contribution in [0.2, 0.25) is 0 Å². The highest BCUT2D eigenvalue weighted by atomic mass is 15.1. The zero-order chi connectivity index (χ0) is 10.3. The third-order valence-corrected chi connectivity index (χ3v) is 3.76. The van der Waals surface area contributed by atoms with Crippen LogP contribution in [0.5, 0.6) is 0 Å². The Labute approximate surface area is 90.9 Å². The molecule has 3 nitrogen and oxygen atoms in total. The Kier molecular flexibility index (Phi) is 2.28. The summed E-state index contributed by atoms with van der Waals surface area (Å²) in [6, 6.07) is 0. The minimum absolute atomic E-state index is 0.829. The fraction of sp³-hybridized carbons (Fsp3) is 0.750. The second-order valence-electron chi connectivity index (χ2n) is 5.14. The lowest BCUT2D eigenvalue weighted by Gasteiger charge is -2.28. The summed E-state index contributed by atoms with van der Waals surface area (Å²) in [6.45, 7) is 5.88. The number of nitrogens with one attached hydrogen (secondary N) is 1. The van der Waals surface area contributed by atoms with Gasteiger partial charge in [-0.1, -0.05) is 6.92 Å². The molecule has 15 heavy (non-hydrogen) atoms. The predicted octanol–water partition coefficient (Wildman–Crippen LogP) is 1.23. The summed E-state index contributed by atoms with van der Waals surface area (Å²) >= 11 is 0. The highest BCUT2D eigenvalue weighted by Gasteiger charge is 2.23. The summed E-state index contributed by atoms with van der Waals surface area (Å²) < 4.78 is 2.46. The van der Waals surface area contributed by atoms with Gasteiger partial charge < -0.3 is 9.88 Å². The van der Waals surface area contributed by atoms with E-state index in [0.29, 0.717) is 0 Å². The largest absolute Gasteiger partial charge is 0.332 e. The second kappa shape index (κ2) is 3.63. The van der Waals surface area contributed by atoms with Gasteiger partial charge in [0.25, 0.3) is 0 Å². The lowest BCUT2D eigenvalue weighted by Crippen LogP contribution is -2.43. The van der Waals surface area contributed by atoms with Crippen molar-refractivity contribution in [1.82, 2.24) is 14.9 Å². The van der Waals surface area contributed by atoms with E-state index in [-0.39, 0.29) is 0 Å². The first kappa shape index (κ1) is 9.40. The molecule has 3 heteroatoms. The minimum atomic E-state index is 0.829. The van der Waals surface area contributed by atoms with E-state index in [9.17, 15) is 0 Å². The Morgan fingerprint density at radius 3 is 3.13 bits per heavy atom. The molecule has 0 radical (unpaired) electrons. The molecule has 0 amide bonds. The molecule has 3 rings (SSSR count). The molecule has 1 saturated heterocycles. The van der Waals surface area contributed by atoms with E-state index >= 15 is 0 Å². The molecule has 0 saturated carbocycles. The van der Waals surface area contributed by atoms with E-state index in [4.69, 9.17) is 0 Å². The van der Waals surface area contributed by atoms with E-state index in [1.54, 1.807) is 0 Å². The normalized spacial score (nSPS) is 26.1. The topological polar surface area (TPSA) is 29.9 Å². The van der Waals surface area contributed by atoms with Crippen molar-refractivity contribution in [3.63, 3.8) is 0 Å². The molecule has 0 bridgehead atoms. The molecule has 82 valence electrons. The van der Waals surface area contributed by atoms with E-state index in [0.717, 1.165) is 11.8 Å². The molecular weight excluding hydrogens is 186 g/mol. The first-order valence-electron chi connectivity index (χ1n) is 6.07. The predicted molar refractivity (Wildman–Crippen MR) is 59.8 cm³/mol. The molecule has 0 spiro atoms. The first-order chi connectivity index (χ1) is 7.33. The number of rotatable bonds is 2. The van der Waals surface area contributed by atoms with Crippen LogP contribution in [-0.2, 0) is 19.4 Å². The Morgan fingerprint density at radius 2 is 2.40 bits per heavy atom. The number of hydrogen-bond donors (Lipinski definition) is 1. The summed E-state index contributed by atoms with van der Waals surface area (Å²) in [7, 11) is 0. The summed E-state index contributed by atoms with van der Waals surface area (Å²) in [5, 5.41) is 3.32. The monoisotopic (exact) mass is 205 g/mol. The third kappa shape index (κ3) is 1.69. The van der Waals surface area contributed by atoms with E-state index in [1.807, 2.05) is 0 Å². The fourth-order valence-electron chi connectivity index (χ4n) is 2.61. The van der Waals surface area contributed by atoms with Crippen LogP contribution >= 0.6 is 0 Å². The quantitative estimate of drug-likeness (QED) is 0.787. The maximum atomic E-state index is 4.59. The molecule has 2 aliphatic heterocycles. The average molecular weight is 205 g/mol. The van der Waals surface area contributed by atoms with Gasteiger partial charge in [-0.05, 0) is 37.8 Å². The third-order valence-electron chi connectivity index (χ3n) is 3.76. The van der Waals surface area contributed by atoms with Gasteiger partial charge >= 0.3 is 0 Å². The lowest BCUT2D eigenvalue weighted by molar-refractivity contribution is 0.330. The SMILES string of the molecule is CC1CCn2c(cnc2CC2CNC2)C1. The average Bonchev–Trinajstić information content (AvgIpc) is 2.54. The van der Waals surface area contributed by atoms with Gasteiger partial charge in [0.05, 0.1) is 0 Å². The summed E-state index contributed by atoms with van der Waals surface area (Å²) in [5.74, 6) is 2.99. The van der Waals surface area contributed by atoms with Crippen molar-refractivity contribution < 1.29 is 0 Å². The van der Waals surface area contributed by atoms with E-state index < -0.39 is 0 Å². The number of aromatic nitrogens is 2. The number of hydrogen-bond acceptors (Lipinski definition) is 2. The van der Waals surface area contributed by atoms with Crippen molar-refractivity contribution in [2.45, 2.75) is 32.7 Å². The molecule has 1 unspecified atom stereocenters. The van der Waals surface area contributed by atoms with Gasteiger partial charge in [0.2, 0.25) is 0 Å². The molecule has 0 aliphatic carbocycles. The standard InChI is InChI=1S/C12H19N3/c1-9-2-3-15-11(4-9)8-14-12(15)5-10-6-13-7-10/h8-10,13H,2-7H2,1H3. The summed E-state index contributed by atoms with van der Waals surface area (Å²) in [5.41, 5.74) is 1.45. The Morgan fingerprint density at radius 1 is 1.53 bits per heavy atom. The minimum Gasteiger partial charge on any atom is -0.332 e. The Hall–Kier alpha value is -0.830. The molecule has 1 atom stereocenters. The lowest BCUT2D eigenvalue weighted by atomic mass is 9.97. The Bertz CT molecular complexity index is 352. The highest BCUT2D eigenvalue weighted by molar-refractivity contribution is 5.10. The van der Waals surface area contributed by atoms with Gasteiger partial charge in [-0.25, -0.2) is 4.98 Å². The van der Waals surface area contributed by atoms with Crippen molar-refractivity contribution in [1.29, 1.82) is 0 Å². The van der Waals surface area contributed by atoms with Crippen LogP contribution in [0.1, 0.15) is 24.9 Å². The molecule has 1 aromatic rings. The zero-order valence-corrected chi connectivity index (χ0v) is 9.37. The fourth-order valence-corrected chi connectivity index (χ4v) is 2.61. The van der Waals surface area contributed by atoms with Crippen LogP contribution in [-0.4, -0.2) is 22.6 Å². The van der Waals surface area contributed by atoms with Crippen molar-refractivity contribution in [2.75, 3.05) is 13.1 Å². The zero-order valence-electron chi connectivity index (χ0n) is 9.37. The van der Waals surface area contributed by atoms with Crippen LogP contribution < -0.4 is 5.32 Å².